The van der Waals surface area contributed by atoms with Crippen LogP contribution in [0.15, 0.2) is 46.6 Å². The zero-order valence-corrected chi connectivity index (χ0v) is 16.7. The highest BCUT2D eigenvalue weighted by molar-refractivity contribution is 5.89. The average molecular weight is 333 g/mol. The van der Waals surface area contributed by atoms with E-state index in [1.54, 1.807) is 0 Å². The van der Waals surface area contributed by atoms with Crippen molar-refractivity contribution in [1.29, 1.82) is 0 Å². The van der Waals surface area contributed by atoms with Crippen LogP contribution in [0.2, 0.25) is 0 Å². The number of hydrogen-bond donors (Lipinski definition) is 0. The molecule has 0 radical (unpaired) electrons. The van der Waals surface area contributed by atoms with E-state index in [4.69, 9.17) is 4.74 Å². The Labute approximate surface area is 149 Å². The second kappa shape index (κ2) is 12.8. The summed E-state index contributed by atoms with van der Waals surface area (Å²) >= 11 is 0. The van der Waals surface area contributed by atoms with E-state index in [0.29, 0.717) is 6.61 Å². The molecule has 2 heteroatoms. The molecule has 0 aliphatic rings. The van der Waals surface area contributed by atoms with Gasteiger partial charge in [0.05, 0.1) is 6.61 Å². The molecule has 0 rings (SSSR count). The van der Waals surface area contributed by atoms with Crippen LogP contribution in [0, 0.1) is 5.92 Å². The molecule has 24 heavy (non-hydrogen) atoms. The number of esters is 1. The zero-order valence-electron chi connectivity index (χ0n) is 16.7. The summed E-state index contributed by atoms with van der Waals surface area (Å²) in [5, 5.41) is 0. The first kappa shape index (κ1) is 22.4. The van der Waals surface area contributed by atoms with E-state index in [1.165, 1.54) is 16.7 Å². The van der Waals surface area contributed by atoms with Gasteiger partial charge in [-0.15, -0.1) is 0 Å². The molecule has 0 saturated carbocycles. The van der Waals surface area contributed by atoms with Crippen LogP contribution in [0.1, 0.15) is 74.1 Å². The Hall–Kier alpha value is -1.57. The first-order valence-electron chi connectivity index (χ1n) is 9.11. The summed E-state index contributed by atoms with van der Waals surface area (Å²) in [6, 6.07) is 0. The van der Waals surface area contributed by atoms with Gasteiger partial charge in [-0.25, -0.2) is 4.79 Å². The summed E-state index contributed by atoms with van der Waals surface area (Å²) in [4.78, 5) is 11.9. The summed E-state index contributed by atoms with van der Waals surface area (Å²) in [5.74, 6) is -0.0307. The third kappa shape index (κ3) is 11.0. The first-order chi connectivity index (χ1) is 11.3. The molecule has 0 spiro atoms. The molecule has 0 unspecified atom stereocenters. The maximum atomic E-state index is 11.9. The third-order valence-corrected chi connectivity index (χ3v) is 3.80. The fraction of sp³-hybridized carbons (Fsp3) is 0.591. The maximum absolute atomic E-state index is 11.9. The van der Waals surface area contributed by atoms with Crippen molar-refractivity contribution in [2.75, 3.05) is 6.61 Å². The quantitative estimate of drug-likeness (QED) is 0.196. The van der Waals surface area contributed by atoms with Crippen molar-refractivity contribution in [3.63, 3.8) is 0 Å². The number of hydrogen-bond acceptors (Lipinski definition) is 2. The molecule has 0 bridgehead atoms. The van der Waals surface area contributed by atoms with Crippen LogP contribution in [0.4, 0.5) is 0 Å². The predicted octanol–water partition coefficient (Wildman–Crippen LogP) is 6.55. The van der Waals surface area contributed by atoms with Crippen LogP contribution in [-0.2, 0) is 9.53 Å². The Morgan fingerprint density at radius 1 is 0.917 bits per heavy atom. The van der Waals surface area contributed by atoms with Gasteiger partial charge in [0.2, 0.25) is 0 Å². The van der Waals surface area contributed by atoms with Crippen molar-refractivity contribution in [2.45, 2.75) is 74.1 Å². The van der Waals surface area contributed by atoms with Gasteiger partial charge in [-0.05, 0) is 66.2 Å². The zero-order chi connectivity index (χ0) is 18.5. The number of rotatable bonds is 10. The number of allylic oxidation sites excluding steroid dienone is 7. The molecule has 2 nitrogen and oxygen atoms in total. The van der Waals surface area contributed by atoms with Crippen molar-refractivity contribution in [3.8, 4) is 0 Å². The van der Waals surface area contributed by atoms with Crippen molar-refractivity contribution >= 4 is 5.97 Å². The molecule has 0 aliphatic carbocycles. The third-order valence-electron chi connectivity index (χ3n) is 3.80. The Morgan fingerprint density at radius 3 is 2.04 bits per heavy atom. The van der Waals surface area contributed by atoms with E-state index < -0.39 is 0 Å². The molecule has 0 saturated heterocycles. The van der Waals surface area contributed by atoms with Crippen LogP contribution in [0.25, 0.3) is 0 Å². The molecule has 0 amide bonds. The van der Waals surface area contributed by atoms with Gasteiger partial charge in [0.1, 0.15) is 0 Å². The molecule has 0 aromatic rings. The van der Waals surface area contributed by atoms with Gasteiger partial charge in [-0.2, -0.15) is 0 Å². The van der Waals surface area contributed by atoms with Crippen LogP contribution < -0.4 is 0 Å². The minimum absolute atomic E-state index is 0.172. The molecule has 0 fully saturated rings. The Balaban J connectivity index is 4.55. The molecule has 136 valence electrons. The molecule has 0 aromatic heterocycles. The van der Waals surface area contributed by atoms with Gasteiger partial charge in [0, 0.05) is 5.57 Å². The van der Waals surface area contributed by atoms with E-state index in [1.807, 2.05) is 26.8 Å². The second-order valence-corrected chi connectivity index (χ2v) is 6.92. The van der Waals surface area contributed by atoms with E-state index >= 15 is 0 Å². The van der Waals surface area contributed by atoms with E-state index in [9.17, 15) is 4.79 Å². The molecule has 0 N–H and O–H groups in total. The predicted molar refractivity (Wildman–Crippen MR) is 105 cm³/mol. The lowest BCUT2D eigenvalue weighted by molar-refractivity contribution is -0.139. The molecule has 0 aliphatic heterocycles. The average Bonchev–Trinajstić information content (AvgIpc) is 2.46. The summed E-state index contributed by atoms with van der Waals surface area (Å²) in [7, 11) is 0. The lowest BCUT2D eigenvalue weighted by Gasteiger charge is -2.09. The van der Waals surface area contributed by atoms with Gasteiger partial charge in [0.15, 0.2) is 0 Å². The fourth-order valence-corrected chi connectivity index (χ4v) is 2.26. The molecule has 0 heterocycles. The van der Waals surface area contributed by atoms with Gasteiger partial charge in [-0.1, -0.05) is 54.9 Å². The summed E-state index contributed by atoms with van der Waals surface area (Å²) in [6.45, 7) is 14.9. The standard InChI is InChI=1S/C22H36O2/c1-8-24-22(23)21(18(4)5)16-15-20(7)14-10-13-19(6)12-9-11-17(2)3/h11,13,15-16,18H,8-10,12,14H2,1-7H3/b19-13+,20-15+,21-16+. The summed E-state index contributed by atoms with van der Waals surface area (Å²) < 4.78 is 5.11. The molecule has 0 atom stereocenters. The van der Waals surface area contributed by atoms with E-state index in [0.717, 1.165) is 31.3 Å². The van der Waals surface area contributed by atoms with E-state index in [2.05, 4.69) is 45.9 Å². The van der Waals surface area contributed by atoms with Crippen molar-refractivity contribution in [1.82, 2.24) is 0 Å². The van der Waals surface area contributed by atoms with Gasteiger partial charge in [-0.3, -0.25) is 0 Å². The Bertz CT molecular complexity index is 498. The molecule has 0 aromatic carbocycles. The first-order valence-corrected chi connectivity index (χ1v) is 9.11. The van der Waals surface area contributed by atoms with Gasteiger partial charge >= 0.3 is 5.97 Å². The molecular formula is C22H36O2. The van der Waals surface area contributed by atoms with Crippen LogP contribution in [0.5, 0.6) is 0 Å². The fourth-order valence-electron chi connectivity index (χ4n) is 2.26. The lowest BCUT2D eigenvalue weighted by atomic mass is 10.0. The van der Waals surface area contributed by atoms with Crippen molar-refractivity contribution in [3.05, 3.63) is 46.6 Å². The largest absolute Gasteiger partial charge is 0.463 e. The highest BCUT2D eigenvalue weighted by Gasteiger charge is 2.13. The number of carbonyl (C=O) groups is 1. The Morgan fingerprint density at radius 2 is 1.50 bits per heavy atom. The monoisotopic (exact) mass is 332 g/mol. The van der Waals surface area contributed by atoms with Crippen LogP contribution in [-0.4, -0.2) is 12.6 Å². The van der Waals surface area contributed by atoms with Crippen LogP contribution in [0.3, 0.4) is 0 Å². The van der Waals surface area contributed by atoms with Gasteiger partial charge in [0.25, 0.3) is 0 Å². The minimum atomic E-state index is -0.202. The lowest BCUT2D eigenvalue weighted by Crippen LogP contribution is -2.12. The second-order valence-electron chi connectivity index (χ2n) is 6.92. The summed E-state index contributed by atoms with van der Waals surface area (Å²) in [6.07, 6.45) is 12.9. The van der Waals surface area contributed by atoms with Gasteiger partial charge < -0.3 is 4.74 Å². The van der Waals surface area contributed by atoms with E-state index in [-0.39, 0.29) is 11.9 Å². The highest BCUT2D eigenvalue weighted by atomic mass is 16.5. The summed E-state index contributed by atoms with van der Waals surface area (Å²) in [5.41, 5.74) is 4.86. The number of ether oxygens (including phenoxy) is 1. The SMILES string of the molecule is CCOC(=O)/C(=C/C=C(\C)CC/C=C(\C)CCC=C(C)C)C(C)C. The highest BCUT2D eigenvalue weighted by Crippen LogP contribution is 2.15. The van der Waals surface area contributed by atoms with Crippen molar-refractivity contribution < 1.29 is 9.53 Å². The maximum Gasteiger partial charge on any atom is 0.334 e. The smallest absolute Gasteiger partial charge is 0.334 e. The Kier molecular flexibility index (Phi) is 12.0. The number of carbonyl (C=O) groups excluding carboxylic acids is 1. The topological polar surface area (TPSA) is 26.3 Å². The van der Waals surface area contributed by atoms with Crippen molar-refractivity contribution in [2.24, 2.45) is 5.92 Å². The normalized spacial score (nSPS) is 13.2. The van der Waals surface area contributed by atoms with Crippen LogP contribution >= 0.6 is 0 Å². The minimum Gasteiger partial charge on any atom is -0.463 e. The molecular weight excluding hydrogens is 296 g/mol.